The Kier molecular flexibility index (Phi) is 3.19. The second-order valence-electron chi connectivity index (χ2n) is 4.49. The fraction of sp³-hybridized carbons (Fsp3) is 0. The van der Waals surface area contributed by atoms with E-state index in [2.05, 4.69) is 9.97 Å². The largest absolute Gasteiger partial charge is 0.478 e. The fourth-order valence-electron chi connectivity index (χ4n) is 2.08. The Balaban J connectivity index is 2.28. The molecule has 0 fully saturated rings. The van der Waals surface area contributed by atoms with E-state index in [0.29, 0.717) is 33.0 Å². The maximum Gasteiger partial charge on any atom is 0.336 e. The van der Waals surface area contributed by atoms with E-state index in [1.165, 1.54) is 6.07 Å². The number of anilines is 1. The number of hydrogen-bond acceptors (Lipinski definition) is 4. The molecule has 5 nitrogen and oxygen atoms in total. The van der Waals surface area contributed by atoms with E-state index in [9.17, 15) is 9.90 Å². The van der Waals surface area contributed by atoms with E-state index in [1.54, 1.807) is 36.5 Å². The molecule has 1 aromatic carbocycles. The number of carbonyl (C=O) groups is 1. The number of nitrogens with zero attached hydrogens (tertiary/aromatic N) is 2. The lowest BCUT2D eigenvalue weighted by molar-refractivity contribution is 0.0699. The third-order valence-corrected chi connectivity index (χ3v) is 3.32. The van der Waals surface area contributed by atoms with Crippen molar-refractivity contribution in [2.24, 2.45) is 0 Å². The van der Waals surface area contributed by atoms with Crippen LogP contribution in [0.25, 0.3) is 22.2 Å². The first-order chi connectivity index (χ1) is 10.0. The third-order valence-electron chi connectivity index (χ3n) is 3.08. The SMILES string of the molecule is Nc1ccc(-c2cc(C(=O)O)c3cc(Cl)ccc3n2)cn1. The molecule has 0 atom stereocenters. The number of benzene rings is 1. The second-order valence-corrected chi connectivity index (χ2v) is 4.93. The Bertz CT molecular complexity index is 847. The highest BCUT2D eigenvalue weighted by Gasteiger charge is 2.13. The van der Waals surface area contributed by atoms with Crippen molar-refractivity contribution in [2.75, 3.05) is 5.73 Å². The average Bonchev–Trinajstić information content (AvgIpc) is 2.46. The van der Waals surface area contributed by atoms with Gasteiger partial charge in [-0.05, 0) is 36.4 Å². The summed E-state index contributed by atoms with van der Waals surface area (Å²) in [4.78, 5) is 19.9. The molecule has 0 radical (unpaired) electrons. The molecule has 0 aliphatic heterocycles. The maximum atomic E-state index is 11.5. The molecular weight excluding hydrogens is 290 g/mol. The summed E-state index contributed by atoms with van der Waals surface area (Å²) in [5.74, 6) is -0.640. The molecule has 2 aromatic heterocycles. The molecule has 104 valence electrons. The smallest absolute Gasteiger partial charge is 0.336 e. The summed E-state index contributed by atoms with van der Waals surface area (Å²) >= 11 is 5.92. The summed E-state index contributed by atoms with van der Waals surface area (Å²) in [6, 6.07) is 9.86. The summed E-state index contributed by atoms with van der Waals surface area (Å²) in [7, 11) is 0. The van der Waals surface area contributed by atoms with E-state index < -0.39 is 5.97 Å². The van der Waals surface area contributed by atoms with Gasteiger partial charge in [0.1, 0.15) is 5.82 Å². The number of hydrogen-bond donors (Lipinski definition) is 2. The number of aromatic nitrogens is 2. The molecule has 0 bridgehead atoms. The van der Waals surface area contributed by atoms with Gasteiger partial charge in [0.25, 0.3) is 0 Å². The van der Waals surface area contributed by atoms with Crippen LogP contribution < -0.4 is 5.73 Å². The van der Waals surface area contributed by atoms with Gasteiger partial charge >= 0.3 is 5.97 Å². The highest BCUT2D eigenvalue weighted by molar-refractivity contribution is 6.31. The topological polar surface area (TPSA) is 89.1 Å². The van der Waals surface area contributed by atoms with Crippen molar-refractivity contribution in [1.82, 2.24) is 9.97 Å². The zero-order valence-electron chi connectivity index (χ0n) is 10.7. The van der Waals surface area contributed by atoms with Crippen LogP contribution in [0.15, 0.2) is 42.6 Å². The average molecular weight is 300 g/mol. The standard InChI is InChI=1S/C15H10ClN3O2/c16-9-2-3-12-10(5-9)11(15(20)21)6-13(19-12)8-1-4-14(17)18-7-8/h1-7H,(H2,17,18)(H,20,21). The van der Waals surface area contributed by atoms with E-state index >= 15 is 0 Å². The minimum absolute atomic E-state index is 0.148. The Morgan fingerprint density at radius 1 is 1.19 bits per heavy atom. The van der Waals surface area contributed by atoms with Gasteiger partial charge in [0.15, 0.2) is 0 Å². The normalized spacial score (nSPS) is 10.7. The van der Waals surface area contributed by atoms with E-state index in [4.69, 9.17) is 17.3 Å². The van der Waals surface area contributed by atoms with Gasteiger partial charge in [0.05, 0.1) is 16.8 Å². The molecule has 2 heterocycles. The summed E-state index contributed by atoms with van der Waals surface area (Å²) in [5.41, 5.74) is 7.48. The van der Waals surface area contributed by atoms with Crippen molar-refractivity contribution in [1.29, 1.82) is 0 Å². The van der Waals surface area contributed by atoms with Crippen LogP contribution >= 0.6 is 11.6 Å². The monoisotopic (exact) mass is 299 g/mol. The van der Waals surface area contributed by atoms with Crippen LogP contribution in [0.4, 0.5) is 5.82 Å². The van der Waals surface area contributed by atoms with E-state index in [0.717, 1.165) is 0 Å². The summed E-state index contributed by atoms with van der Waals surface area (Å²) in [5, 5.41) is 10.4. The maximum absolute atomic E-state index is 11.5. The molecule has 3 rings (SSSR count). The molecule has 3 aromatic rings. The Labute approximate surface area is 125 Å². The molecule has 6 heteroatoms. The predicted molar refractivity (Wildman–Crippen MR) is 81.4 cm³/mol. The highest BCUT2D eigenvalue weighted by Crippen LogP contribution is 2.27. The molecule has 0 saturated heterocycles. The molecule has 0 unspecified atom stereocenters. The molecule has 0 aliphatic carbocycles. The van der Waals surface area contributed by atoms with Crippen LogP contribution in [-0.2, 0) is 0 Å². The van der Waals surface area contributed by atoms with Gasteiger partial charge in [-0.2, -0.15) is 0 Å². The van der Waals surface area contributed by atoms with Gasteiger partial charge in [-0.25, -0.2) is 14.8 Å². The lowest BCUT2D eigenvalue weighted by Crippen LogP contribution is -2.00. The minimum Gasteiger partial charge on any atom is -0.478 e. The van der Waals surface area contributed by atoms with Gasteiger partial charge in [-0.1, -0.05) is 11.6 Å². The van der Waals surface area contributed by atoms with Crippen LogP contribution in [0.3, 0.4) is 0 Å². The second kappa shape index (κ2) is 5.03. The molecular formula is C15H10ClN3O2. The predicted octanol–water partition coefficient (Wildman–Crippen LogP) is 3.23. The number of rotatable bonds is 2. The molecule has 21 heavy (non-hydrogen) atoms. The Morgan fingerprint density at radius 3 is 2.67 bits per heavy atom. The number of carboxylic acid groups (broad SMARTS) is 1. The number of fused-ring (bicyclic) bond motifs is 1. The number of carboxylic acids is 1. The number of nitrogens with two attached hydrogens (primary N) is 1. The fourth-order valence-corrected chi connectivity index (χ4v) is 2.25. The van der Waals surface area contributed by atoms with Crippen molar-refractivity contribution < 1.29 is 9.90 Å². The number of nitrogen functional groups attached to an aromatic ring is 1. The van der Waals surface area contributed by atoms with Crippen molar-refractivity contribution in [3.8, 4) is 11.3 Å². The first kappa shape index (κ1) is 13.3. The van der Waals surface area contributed by atoms with Gasteiger partial charge in [0.2, 0.25) is 0 Å². The number of halogens is 1. The number of aromatic carboxylic acids is 1. The zero-order valence-corrected chi connectivity index (χ0v) is 11.5. The van der Waals surface area contributed by atoms with E-state index in [-0.39, 0.29) is 5.56 Å². The minimum atomic E-state index is -1.03. The molecule has 3 N–H and O–H groups in total. The molecule has 0 aliphatic rings. The van der Waals surface area contributed by atoms with Crippen molar-refractivity contribution in [3.05, 3.63) is 53.2 Å². The first-order valence-electron chi connectivity index (χ1n) is 6.10. The molecule has 0 amide bonds. The third kappa shape index (κ3) is 2.51. The molecule has 0 spiro atoms. The van der Waals surface area contributed by atoms with Gasteiger partial charge in [-0.3, -0.25) is 0 Å². The van der Waals surface area contributed by atoms with Crippen molar-refractivity contribution in [2.45, 2.75) is 0 Å². The summed E-state index contributed by atoms with van der Waals surface area (Å²) < 4.78 is 0. The van der Waals surface area contributed by atoms with Gasteiger partial charge in [0, 0.05) is 22.2 Å². The van der Waals surface area contributed by atoms with Crippen molar-refractivity contribution in [3.63, 3.8) is 0 Å². The van der Waals surface area contributed by atoms with Crippen LogP contribution in [0, 0.1) is 0 Å². The molecule has 0 saturated carbocycles. The first-order valence-corrected chi connectivity index (χ1v) is 6.48. The van der Waals surface area contributed by atoms with Gasteiger partial charge < -0.3 is 10.8 Å². The van der Waals surface area contributed by atoms with Crippen LogP contribution in [0.5, 0.6) is 0 Å². The lowest BCUT2D eigenvalue weighted by Gasteiger charge is -2.07. The lowest BCUT2D eigenvalue weighted by atomic mass is 10.1. The number of pyridine rings is 2. The van der Waals surface area contributed by atoms with Gasteiger partial charge in [-0.15, -0.1) is 0 Å². The Morgan fingerprint density at radius 2 is 2.00 bits per heavy atom. The van der Waals surface area contributed by atoms with Crippen LogP contribution in [0.2, 0.25) is 5.02 Å². The highest BCUT2D eigenvalue weighted by atomic mass is 35.5. The van der Waals surface area contributed by atoms with Crippen LogP contribution in [-0.4, -0.2) is 21.0 Å². The summed E-state index contributed by atoms with van der Waals surface area (Å²) in [6.45, 7) is 0. The van der Waals surface area contributed by atoms with Crippen molar-refractivity contribution >= 4 is 34.3 Å². The Hall–Kier alpha value is -2.66. The zero-order chi connectivity index (χ0) is 15.0. The quantitative estimate of drug-likeness (QED) is 0.758. The summed E-state index contributed by atoms with van der Waals surface area (Å²) in [6.07, 6.45) is 1.56. The van der Waals surface area contributed by atoms with Crippen LogP contribution in [0.1, 0.15) is 10.4 Å². The van der Waals surface area contributed by atoms with E-state index in [1.807, 2.05) is 0 Å².